The molecule has 0 spiro atoms. The molecule has 1 N–H and O–H groups in total. The lowest BCUT2D eigenvalue weighted by Gasteiger charge is -2.33. The zero-order valence-electron chi connectivity index (χ0n) is 13.4. The van der Waals surface area contributed by atoms with Crippen LogP contribution in [0, 0.1) is 11.3 Å². The summed E-state index contributed by atoms with van der Waals surface area (Å²) in [7, 11) is 2.23. The number of aromatic nitrogens is 1. The first kappa shape index (κ1) is 15.5. The van der Waals surface area contributed by atoms with Crippen molar-refractivity contribution >= 4 is 0 Å². The Labute approximate surface area is 123 Å². The Morgan fingerprint density at radius 2 is 2.05 bits per heavy atom. The summed E-state index contributed by atoms with van der Waals surface area (Å²) in [4.78, 5) is 6.53. The SMILES string of the molecule is CCNC1C(CN(C)Cc2ccncc2)CCC1(C)C. The van der Waals surface area contributed by atoms with E-state index < -0.39 is 0 Å². The van der Waals surface area contributed by atoms with Crippen molar-refractivity contribution in [3.8, 4) is 0 Å². The Morgan fingerprint density at radius 1 is 1.35 bits per heavy atom. The fourth-order valence-corrected chi connectivity index (χ4v) is 3.64. The number of rotatable bonds is 6. The highest BCUT2D eigenvalue weighted by Gasteiger charge is 2.41. The van der Waals surface area contributed by atoms with E-state index in [2.05, 4.69) is 55.2 Å². The van der Waals surface area contributed by atoms with Crippen molar-refractivity contribution in [2.24, 2.45) is 11.3 Å². The lowest BCUT2D eigenvalue weighted by atomic mass is 9.84. The van der Waals surface area contributed by atoms with Gasteiger partial charge in [-0.05, 0) is 55.5 Å². The quantitative estimate of drug-likeness (QED) is 0.865. The van der Waals surface area contributed by atoms with Crippen molar-refractivity contribution in [3.05, 3.63) is 30.1 Å². The van der Waals surface area contributed by atoms with Gasteiger partial charge >= 0.3 is 0 Å². The Morgan fingerprint density at radius 3 is 2.70 bits per heavy atom. The predicted octanol–water partition coefficient (Wildman–Crippen LogP) is 2.93. The fraction of sp³-hybridized carbons (Fsp3) is 0.706. The second kappa shape index (κ2) is 6.68. The van der Waals surface area contributed by atoms with Crippen LogP contribution in [0.25, 0.3) is 0 Å². The monoisotopic (exact) mass is 275 g/mol. The van der Waals surface area contributed by atoms with Crippen LogP contribution in [0.1, 0.15) is 39.2 Å². The summed E-state index contributed by atoms with van der Waals surface area (Å²) in [6, 6.07) is 4.86. The molecule has 2 unspecified atom stereocenters. The maximum atomic E-state index is 4.08. The number of hydrogen-bond acceptors (Lipinski definition) is 3. The second-order valence-corrected chi connectivity index (χ2v) is 6.87. The largest absolute Gasteiger partial charge is 0.313 e. The molecule has 2 atom stereocenters. The third-order valence-corrected chi connectivity index (χ3v) is 4.64. The summed E-state index contributed by atoms with van der Waals surface area (Å²) in [5, 5.41) is 3.72. The Bertz CT molecular complexity index is 402. The van der Waals surface area contributed by atoms with Gasteiger partial charge in [-0.15, -0.1) is 0 Å². The van der Waals surface area contributed by atoms with Crippen molar-refractivity contribution < 1.29 is 0 Å². The topological polar surface area (TPSA) is 28.2 Å². The molecular formula is C17H29N3. The predicted molar refractivity (Wildman–Crippen MR) is 84.5 cm³/mol. The van der Waals surface area contributed by atoms with Crippen LogP contribution in [0.5, 0.6) is 0 Å². The van der Waals surface area contributed by atoms with Crippen LogP contribution >= 0.6 is 0 Å². The molecule has 0 amide bonds. The average molecular weight is 275 g/mol. The zero-order valence-corrected chi connectivity index (χ0v) is 13.4. The summed E-state index contributed by atoms with van der Waals surface area (Å²) in [6.45, 7) is 10.3. The second-order valence-electron chi connectivity index (χ2n) is 6.87. The van der Waals surface area contributed by atoms with E-state index in [4.69, 9.17) is 0 Å². The maximum Gasteiger partial charge on any atom is 0.0271 e. The van der Waals surface area contributed by atoms with Gasteiger partial charge in [-0.25, -0.2) is 0 Å². The molecule has 0 bridgehead atoms. The van der Waals surface area contributed by atoms with Gasteiger partial charge in [0.1, 0.15) is 0 Å². The molecular weight excluding hydrogens is 246 g/mol. The van der Waals surface area contributed by atoms with Crippen molar-refractivity contribution in [1.29, 1.82) is 0 Å². The van der Waals surface area contributed by atoms with E-state index in [1.807, 2.05) is 12.4 Å². The van der Waals surface area contributed by atoms with Gasteiger partial charge in [-0.2, -0.15) is 0 Å². The molecule has 2 rings (SSSR count). The molecule has 112 valence electrons. The summed E-state index contributed by atoms with van der Waals surface area (Å²) >= 11 is 0. The molecule has 1 aliphatic rings. The van der Waals surface area contributed by atoms with E-state index in [1.54, 1.807) is 0 Å². The van der Waals surface area contributed by atoms with Crippen LogP contribution in [0.3, 0.4) is 0 Å². The van der Waals surface area contributed by atoms with Crippen molar-refractivity contribution in [3.63, 3.8) is 0 Å². The van der Waals surface area contributed by atoms with Gasteiger partial charge in [0.2, 0.25) is 0 Å². The molecule has 0 aromatic carbocycles. The molecule has 1 fully saturated rings. The maximum absolute atomic E-state index is 4.08. The first-order chi connectivity index (χ1) is 9.53. The molecule has 1 aliphatic carbocycles. The summed E-state index contributed by atoms with van der Waals surface area (Å²) in [6.07, 6.45) is 6.43. The van der Waals surface area contributed by atoms with Crippen LogP contribution in [-0.2, 0) is 6.54 Å². The third-order valence-electron chi connectivity index (χ3n) is 4.64. The molecule has 1 heterocycles. The molecule has 1 saturated carbocycles. The van der Waals surface area contributed by atoms with Gasteiger partial charge in [-0.1, -0.05) is 20.8 Å². The molecule has 20 heavy (non-hydrogen) atoms. The van der Waals surface area contributed by atoms with Crippen LogP contribution < -0.4 is 5.32 Å². The Balaban J connectivity index is 1.92. The first-order valence-corrected chi connectivity index (χ1v) is 7.84. The van der Waals surface area contributed by atoms with Crippen LogP contribution in [-0.4, -0.2) is 36.1 Å². The molecule has 1 aromatic rings. The highest BCUT2D eigenvalue weighted by molar-refractivity contribution is 5.09. The lowest BCUT2D eigenvalue weighted by Crippen LogP contribution is -2.45. The van der Waals surface area contributed by atoms with Crippen molar-refractivity contribution in [2.75, 3.05) is 20.1 Å². The van der Waals surface area contributed by atoms with Gasteiger partial charge in [0, 0.05) is 31.5 Å². The Kier molecular flexibility index (Phi) is 5.17. The van der Waals surface area contributed by atoms with Gasteiger partial charge in [0.15, 0.2) is 0 Å². The molecule has 3 nitrogen and oxygen atoms in total. The van der Waals surface area contributed by atoms with Crippen LogP contribution in [0.15, 0.2) is 24.5 Å². The highest BCUT2D eigenvalue weighted by Crippen LogP contribution is 2.41. The fourth-order valence-electron chi connectivity index (χ4n) is 3.64. The number of nitrogens with zero attached hydrogens (tertiary/aromatic N) is 2. The van der Waals surface area contributed by atoms with E-state index in [0.717, 1.165) is 19.0 Å². The molecule has 0 aliphatic heterocycles. The molecule has 1 aromatic heterocycles. The average Bonchev–Trinajstić information content (AvgIpc) is 2.68. The smallest absolute Gasteiger partial charge is 0.0271 e. The molecule has 3 heteroatoms. The van der Waals surface area contributed by atoms with E-state index >= 15 is 0 Å². The molecule has 0 saturated heterocycles. The van der Waals surface area contributed by atoms with E-state index in [0.29, 0.717) is 11.5 Å². The molecule has 0 radical (unpaired) electrons. The van der Waals surface area contributed by atoms with Crippen molar-refractivity contribution in [1.82, 2.24) is 15.2 Å². The van der Waals surface area contributed by atoms with Crippen molar-refractivity contribution in [2.45, 2.75) is 46.2 Å². The van der Waals surface area contributed by atoms with Crippen LogP contribution in [0.2, 0.25) is 0 Å². The number of nitrogens with one attached hydrogen (secondary N) is 1. The highest BCUT2D eigenvalue weighted by atomic mass is 15.1. The van der Waals surface area contributed by atoms with E-state index in [-0.39, 0.29) is 0 Å². The van der Waals surface area contributed by atoms with E-state index in [9.17, 15) is 0 Å². The summed E-state index contributed by atoms with van der Waals surface area (Å²) < 4.78 is 0. The van der Waals surface area contributed by atoms with Gasteiger partial charge in [0.25, 0.3) is 0 Å². The number of pyridine rings is 1. The van der Waals surface area contributed by atoms with Gasteiger partial charge in [-0.3, -0.25) is 4.98 Å². The lowest BCUT2D eigenvalue weighted by molar-refractivity contribution is 0.202. The Hall–Kier alpha value is -0.930. The van der Waals surface area contributed by atoms with E-state index in [1.165, 1.54) is 24.9 Å². The third kappa shape index (κ3) is 3.80. The minimum Gasteiger partial charge on any atom is -0.313 e. The zero-order chi connectivity index (χ0) is 14.6. The van der Waals surface area contributed by atoms with Gasteiger partial charge in [0.05, 0.1) is 0 Å². The minimum atomic E-state index is 0.429. The normalized spacial score (nSPS) is 25.2. The van der Waals surface area contributed by atoms with Gasteiger partial charge < -0.3 is 10.2 Å². The number of hydrogen-bond donors (Lipinski definition) is 1. The minimum absolute atomic E-state index is 0.429. The summed E-state index contributed by atoms with van der Waals surface area (Å²) in [5.74, 6) is 0.761. The van der Waals surface area contributed by atoms with Crippen LogP contribution in [0.4, 0.5) is 0 Å². The standard InChI is InChI=1S/C17H29N3/c1-5-19-16-15(6-9-17(16,2)3)13-20(4)12-14-7-10-18-11-8-14/h7-8,10-11,15-16,19H,5-6,9,12-13H2,1-4H3. The summed E-state index contributed by atoms with van der Waals surface area (Å²) in [5.41, 5.74) is 1.78. The first-order valence-electron chi connectivity index (χ1n) is 7.84.